The van der Waals surface area contributed by atoms with Crippen LogP contribution in [0.1, 0.15) is 25.3 Å². The normalized spacial score (nSPS) is 10.6. The third kappa shape index (κ3) is 5.19. The Kier molecular flexibility index (Phi) is 6.22. The van der Waals surface area contributed by atoms with Crippen molar-refractivity contribution in [1.82, 2.24) is 10.2 Å². The third-order valence-electron chi connectivity index (χ3n) is 2.99. The second-order valence-corrected chi connectivity index (χ2v) is 4.39. The number of carbonyl (C=O) groups is 1. The zero-order chi connectivity index (χ0) is 13.4. The number of rotatable bonds is 7. The van der Waals surface area contributed by atoms with Gasteiger partial charge in [-0.2, -0.15) is 0 Å². The molecular formula is C14H23N3O. The van der Waals surface area contributed by atoms with E-state index in [9.17, 15) is 4.79 Å². The maximum atomic E-state index is 11.1. The summed E-state index contributed by atoms with van der Waals surface area (Å²) in [5.74, 6) is 0.110. The first-order valence-corrected chi connectivity index (χ1v) is 6.43. The van der Waals surface area contributed by atoms with E-state index < -0.39 is 0 Å². The van der Waals surface area contributed by atoms with Gasteiger partial charge in [0, 0.05) is 25.7 Å². The minimum atomic E-state index is 0.110. The van der Waals surface area contributed by atoms with Crippen molar-refractivity contribution in [2.24, 2.45) is 0 Å². The van der Waals surface area contributed by atoms with Gasteiger partial charge < -0.3 is 11.1 Å². The van der Waals surface area contributed by atoms with Crippen molar-refractivity contribution in [3.63, 3.8) is 0 Å². The number of amides is 1. The van der Waals surface area contributed by atoms with E-state index in [-0.39, 0.29) is 5.91 Å². The van der Waals surface area contributed by atoms with Crippen LogP contribution in [-0.4, -0.2) is 30.9 Å². The van der Waals surface area contributed by atoms with E-state index in [2.05, 4.69) is 29.3 Å². The number of nitrogen functional groups attached to an aromatic ring is 1. The molecule has 3 N–H and O–H groups in total. The molecule has 1 aromatic rings. The molecule has 0 saturated heterocycles. The van der Waals surface area contributed by atoms with E-state index in [1.807, 2.05) is 12.1 Å². The molecule has 0 saturated carbocycles. The Morgan fingerprint density at radius 3 is 2.56 bits per heavy atom. The van der Waals surface area contributed by atoms with Crippen LogP contribution in [0, 0.1) is 0 Å². The van der Waals surface area contributed by atoms with E-state index in [4.69, 9.17) is 5.73 Å². The average Bonchev–Trinajstić information content (AvgIpc) is 2.39. The van der Waals surface area contributed by atoms with E-state index in [1.54, 1.807) is 7.05 Å². The Morgan fingerprint density at radius 2 is 2.00 bits per heavy atom. The van der Waals surface area contributed by atoms with Crippen LogP contribution in [0.4, 0.5) is 5.69 Å². The highest BCUT2D eigenvalue weighted by atomic mass is 16.1. The monoisotopic (exact) mass is 249 g/mol. The quantitative estimate of drug-likeness (QED) is 0.722. The molecule has 0 aliphatic heterocycles. The lowest BCUT2D eigenvalue weighted by atomic mass is 10.2. The van der Waals surface area contributed by atoms with Gasteiger partial charge in [0.25, 0.3) is 0 Å². The van der Waals surface area contributed by atoms with Crippen LogP contribution in [0.25, 0.3) is 0 Å². The first kappa shape index (κ1) is 14.5. The van der Waals surface area contributed by atoms with Crippen LogP contribution < -0.4 is 11.1 Å². The largest absolute Gasteiger partial charge is 0.399 e. The fraction of sp³-hybridized carbons (Fsp3) is 0.500. The van der Waals surface area contributed by atoms with E-state index >= 15 is 0 Å². The Balaban J connectivity index is 2.37. The number of hydrogen-bond donors (Lipinski definition) is 2. The van der Waals surface area contributed by atoms with Gasteiger partial charge in [-0.3, -0.25) is 9.69 Å². The van der Waals surface area contributed by atoms with E-state index in [0.29, 0.717) is 6.42 Å². The first-order valence-electron chi connectivity index (χ1n) is 6.43. The van der Waals surface area contributed by atoms with Crippen LogP contribution in [0.2, 0.25) is 0 Å². The van der Waals surface area contributed by atoms with Crippen LogP contribution in [0.15, 0.2) is 24.3 Å². The van der Waals surface area contributed by atoms with Crippen molar-refractivity contribution >= 4 is 11.6 Å². The summed E-state index contributed by atoms with van der Waals surface area (Å²) >= 11 is 0. The molecule has 4 nitrogen and oxygen atoms in total. The summed E-state index contributed by atoms with van der Waals surface area (Å²) in [6.45, 7) is 4.97. The van der Waals surface area contributed by atoms with E-state index in [0.717, 1.165) is 31.7 Å². The van der Waals surface area contributed by atoms with Crippen LogP contribution in [0.3, 0.4) is 0 Å². The molecule has 1 amide bonds. The molecule has 0 heterocycles. The molecule has 0 aliphatic carbocycles. The number of carbonyl (C=O) groups excluding carboxylic acids is 1. The Bertz CT molecular complexity index is 362. The predicted octanol–water partition coefficient (Wildman–Crippen LogP) is 1.62. The summed E-state index contributed by atoms with van der Waals surface area (Å²) in [7, 11) is 1.67. The van der Waals surface area contributed by atoms with Gasteiger partial charge in [-0.15, -0.1) is 0 Å². The molecular weight excluding hydrogens is 226 g/mol. The van der Waals surface area contributed by atoms with Gasteiger partial charge >= 0.3 is 0 Å². The van der Waals surface area contributed by atoms with Crippen LogP contribution >= 0.6 is 0 Å². The molecule has 0 unspecified atom stereocenters. The molecule has 1 rings (SSSR count). The van der Waals surface area contributed by atoms with Crippen molar-refractivity contribution in [1.29, 1.82) is 0 Å². The summed E-state index contributed by atoms with van der Waals surface area (Å²) in [5, 5.41) is 2.64. The maximum Gasteiger partial charge on any atom is 0.219 e. The fourth-order valence-electron chi connectivity index (χ4n) is 1.82. The zero-order valence-corrected chi connectivity index (χ0v) is 11.3. The molecule has 0 spiro atoms. The second-order valence-electron chi connectivity index (χ2n) is 4.39. The minimum absolute atomic E-state index is 0.110. The van der Waals surface area contributed by atoms with Gasteiger partial charge in [0.1, 0.15) is 0 Å². The molecule has 18 heavy (non-hydrogen) atoms. The SMILES string of the molecule is CCN(CCCC(=O)NC)Cc1ccc(N)cc1. The molecule has 0 atom stereocenters. The van der Waals surface area contributed by atoms with Crippen molar-refractivity contribution in [3.8, 4) is 0 Å². The topological polar surface area (TPSA) is 58.4 Å². The Morgan fingerprint density at radius 1 is 1.33 bits per heavy atom. The summed E-state index contributed by atoms with van der Waals surface area (Å²) in [4.78, 5) is 13.5. The van der Waals surface area contributed by atoms with Crippen LogP contribution in [0.5, 0.6) is 0 Å². The molecule has 0 bridgehead atoms. The molecule has 0 aromatic heterocycles. The molecule has 0 radical (unpaired) electrons. The van der Waals surface area contributed by atoms with Gasteiger partial charge in [-0.1, -0.05) is 19.1 Å². The lowest BCUT2D eigenvalue weighted by molar-refractivity contribution is -0.120. The van der Waals surface area contributed by atoms with Gasteiger partial charge in [-0.25, -0.2) is 0 Å². The molecule has 1 aromatic carbocycles. The van der Waals surface area contributed by atoms with Gasteiger partial charge in [0.05, 0.1) is 0 Å². The van der Waals surface area contributed by atoms with Crippen molar-refractivity contribution in [2.45, 2.75) is 26.3 Å². The van der Waals surface area contributed by atoms with Gasteiger partial charge in [0.2, 0.25) is 5.91 Å². The lowest BCUT2D eigenvalue weighted by Gasteiger charge is -2.20. The molecule has 0 fully saturated rings. The summed E-state index contributed by atoms with van der Waals surface area (Å²) in [6, 6.07) is 7.95. The third-order valence-corrected chi connectivity index (χ3v) is 2.99. The highest BCUT2D eigenvalue weighted by Crippen LogP contribution is 2.09. The molecule has 100 valence electrons. The van der Waals surface area contributed by atoms with E-state index in [1.165, 1.54) is 5.56 Å². The number of nitrogens with zero attached hydrogens (tertiary/aromatic N) is 1. The second kappa shape index (κ2) is 7.71. The van der Waals surface area contributed by atoms with Crippen molar-refractivity contribution in [2.75, 3.05) is 25.9 Å². The summed E-state index contributed by atoms with van der Waals surface area (Å²) in [5.41, 5.74) is 7.71. The van der Waals surface area contributed by atoms with Gasteiger partial charge in [0.15, 0.2) is 0 Å². The molecule has 4 heteroatoms. The number of benzene rings is 1. The van der Waals surface area contributed by atoms with Crippen molar-refractivity contribution in [3.05, 3.63) is 29.8 Å². The zero-order valence-electron chi connectivity index (χ0n) is 11.3. The van der Waals surface area contributed by atoms with Gasteiger partial charge in [-0.05, 0) is 37.2 Å². The van der Waals surface area contributed by atoms with Crippen molar-refractivity contribution < 1.29 is 4.79 Å². The Hall–Kier alpha value is -1.55. The first-order chi connectivity index (χ1) is 8.65. The predicted molar refractivity (Wildman–Crippen MR) is 75.1 cm³/mol. The lowest BCUT2D eigenvalue weighted by Crippen LogP contribution is -2.26. The highest BCUT2D eigenvalue weighted by Gasteiger charge is 2.05. The highest BCUT2D eigenvalue weighted by molar-refractivity contribution is 5.75. The Labute approximate surface area is 109 Å². The molecule has 0 aliphatic rings. The number of nitrogens with one attached hydrogen (secondary N) is 1. The number of anilines is 1. The average molecular weight is 249 g/mol. The standard InChI is InChI=1S/C14H23N3O/c1-3-17(10-4-5-14(18)16-2)11-12-6-8-13(15)9-7-12/h6-9H,3-5,10-11,15H2,1-2H3,(H,16,18). The number of nitrogens with two attached hydrogens (primary N) is 1. The smallest absolute Gasteiger partial charge is 0.219 e. The fourth-order valence-corrected chi connectivity index (χ4v) is 1.82. The summed E-state index contributed by atoms with van der Waals surface area (Å²) < 4.78 is 0. The minimum Gasteiger partial charge on any atom is -0.399 e. The summed E-state index contributed by atoms with van der Waals surface area (Å²) in [6.07, 6.45) is 1.48. The maximum absolute atomic E-state index is 11.1. The number of hydrogen-bond acceptors (Lipinski definition) is 3. The van der Waals surface area contributed by atoms with Crippen LogP contribution in [-0.2, 0) is 11.3 Å².